The first kappa shape index (κ1) is 34.9. The summed E-state index contributed by atoms with van der Waals surface area (Å²) in [5, 5.41) is 9.83. The Morgan fingerprint density at radius 2 is 1.78 bits per heavy atom. The Morgan fingerprint density at radius 3 is 2.43 bits per heavy atom. The van der Waals surface area contributed by atoms with Gasteiger partial charge in [0.1, 0.15) is 6.10 Å². The van der Waals surface area contributed by atoms with Crippen LogP contribution in [-0.4, -0.2) is 40.1 Å². The molecule has 0 aromatic heterocycles. The maximum Gasteiger partial charge on any atom is 0.309 e. The van der Waals surface area contributed by atoms with Gasteiger partial charge < -0.3 is 9.84 Å². The number of allylic oxidation sites excluding steroid dienone is 1. The van der Waals surface area contributed by atoms with E-state index in [1.165, 1.54) is 51.1 Å². The monoisotopic (exact) mass is 652 g/mol. The molecule has 1 aromatic rings. The molecule has 2 heterocycles. The van der Waals surface area contributed by atoms with E-state index < -0.39 is 11.4 Å². The van der Waals surface area contributed by atoms with E-state index in [4.69, 9.17) is 4.74 Å². The average Bonchev–Trinajstić information content (AvgIpc) is 3.55. The smallest absolute Gasteiger partial charge is 0.309 e. The van der Waals surface area contributed by atoms with Crippen LogP contribution in [0.2, 0.25) is 0 Å². The number of aliphatic carboxylic acids is 1. The van der Waals surface area contributed by atoms with E-state index in [-0.39, 0.29) is 48.9 Å². The van der Waals surface area contributed by atoms with E-state index in [1.807, 2.05) is 19.1 Å². The van der Waals surface area contributed by atoms with Gasteiger partial charge in [-0.1, -0.05) is 53.0 Å². The molecule has 1 aromatic carbocycles. The van der Waals surface area contributed by atoms with Crippen molar-refractivity contribution >= 4 is 19.9 Å². The lowest BCUT2D eigenvalue weighted by molar-refractivity contribution is -0.170. The van der Waals surface area contributed by atoms with Crippen LogP contribution in [0.4, 0.5) is 4.53 Å². The third-order valence-electron chi connectivity index (χ3n) is 13.0. The molecular formula is C39H54FO5P. The summed E-state index contributed by atoms with van der Waals surface area (Å²) >= 11 is 0. The Labute approximate surface area is 277 Å². The summed E-state index contributed by atoms with van der Waals surface area (Å²) in [6.45, 7) is 15.9. The second kappa shape index (κ2) is 13.3. The average molecular weight is 653 g/mol. The van der Waals surface area contributed by atoms with Gasteiger partial charge in [-0.2, -0.15) is 0 Å². The normalized spacial score (nSPS) is 39.1. The van der Waals surface area contributed by atoms with Crippen LogP contribution in [0.15, 0.2) is 36.9 Å². The largest absolute Gasteiger partial charge is 0.481 e. The number of benzene rings is 1. The molecule has 0 bridgehead atoms. The van der Waals surface area contributed by atoms with Crippen molar-refractivity contribution in [3.63, 3.8) is 0 Å². The lowest BCUT2D eigenvalue weighted by Crippen LogP contribution is -2.59. The number of fused-ring (bicyclic) bond motifs is 7. The molecule has 3 aliphatic carbocycles. The van der Waals surface area contributed by atoms with Crippen molar-refractivity contribution in [1.29, 1.82) is 0 Å². The molecule has 1 N–H and O–H groups in total. The van der Waals surface area contributed by atoms with Gasteiger partial charge in [-0.3, -0.25) is 14.5 Å². The number of esters is 1. The number of carboxylic acid groups (broad SMARTS) is 1. The van der Waals surface area contributed by atoms with Crippen molar-refractivity contribution < 1.29 is 28.9 Å². The fourth-order valence-electron chi connectivity index (χ4n) is 10.6. The van der Waals surface area contributed by atoms with Crippen molar-refractivity contribution in [2.75, 3.05) is 6.16 Å². The Bertz CT molecular complexity index is 1360. The first-order valence-electron chi connectivity index (χ1n) is 17.4. The summed E-state index contributed by atoms with van der Waals surface area (Å²) in [4.78, 5) is 28.2. The van der Waals surface area contributed by atoms with Crippen molar-refractivity contribution in [1.82, 2.24) is 0 Å². The minimum Gasteiger partial charge on any atom is -0.481 e. The summed E-state index contributed by atoms with van der Waals surface area (Å²) in [7, 11) is -0.168. The first-order chi connectivity index (χ1) is 21.7. The highest BCUT2D eigenvalue weighted by Gasteiger charge is 2.67. The molecule has 7 heteroatoms. The number of hydrogen-bond donors (Lipinski definition) is 1. The van der Waals surface area contributed by atoms with Crippen molar-refractivity contribution in [2.45, 2.75) is 123 Å². The minimum atomic E-state index is -1.12. The molecule has 5 aliphatic rings. The van der Waals surface area contributed by atoms with Crippen LogP contribution in [0.3, 0.4) is 0 Å². The summed E-state index contributed by atoms with van der Waals surface area (Å²) in [6.07, 6.45) is 13.5. The van der Waals surface area contributed by atoms with Crippen LogP contribution in [0.5, 0.6) is 5.75 Å². The standard InChI is InChI=1S/C36H48FO5P.C3H6/c1-23-26-15-19-35(5)30(34(26,4)18-16-28(23)41-31(38)21-33(2,3)32(39)40)13-12-29-27-7-6-17-36(27,22-43(29)35)20-14-24-8-10-25(42-37)11-9-24;1-3-2/h8-11,23,26-30H,6-7,12-13,15-19,21-22H2,1-5H3,(H,39,40);3H,1H2,2H3. The number of halogens is 1. The second-order valence-corrected chi connectivity index (χ2v) is 19.0. The molecule has 3 saturated carbocycles. The quantitative estimate of drug-likeness (QED) is 0.148. The maximum atomic E-state index is 12.8. The first-order valence-corrected chi connectivity index (χ1v) is 19.0. The van der Waals surface area contributed by atoms with Crippen LogP contribution in [0.25, 0.3) is 0 Å². The van der Waals surface area contributed by atoms with Gasteiger partial charge in [0.05, 0.1) is 11.8 Å². The molecule has 6 rings (SSSR count). The summed E-state index contributed by atoms with van der Waals surface area (Å²) in [5.41, 5.74) is 0.971. The number of carbonyl (C=O) groups excluding carboxylic acids is 1. The van der Waals surface area contributed by atoms with Gasteiger partial charge in [-0.15, -0.1) is 6.58 Å². The molecule has 5 nitrogen and oxygen atoms in total. The fraction of sp³-hybridized carbons (Fsp3) is 0.692. The van der Waals surface area contributed by atoms with Crippen LogP contribution in [0, 0.1) is 51.8 Å². The molecule has 252 valence electrons. The lowest BCUT2D eigenvalue weighted by Gasteiger charge is -2.65. The molecule has 10 atom stereocenters. The van der Waals surface area contributed by atoms with Crippen LogP contribution in [-0.2, 0) is 14.3 Å². The van der Waals surface area contributed by atoms with Gasteiger partial charge in [0.25, 0.3) is 0 Å². The van der Waals surface area contributed by atoms with Crippen molar-refractivity contribution in [2.24, 2.45) is 39.9 Å². The molecule has 0 radical (unpaired) electrons. The van der Waals surface area contributed by atoms with Crippen LogP contribution >= 0.6 is 7.92 Å². The number of carboxylic acids is 1. The Morgan fingerprint density at radius 1 is 1.09 bits per heavy atom. The molecular weight excluding hydrogens is 598 g/mol. The third-order valence-corrected chi connectivity index (χ3v) is 17.1. The summed E-state index contributed by atoms with van der Waals surface area (Å²) < 4.78 is 18.5. The summed E-state index contributed by atoms with van der Waals surface area (Å²) in [6, 6.07) is 7.00. The number of ether oxygens (including phenoxy) is 1. The van der Waals surface area contributed by atoms with Crippen LogP contribution < -0.4 is 4.94 Å². The van der Waals surface area contributed by atoms with Gasteiger partial charge in [-0.25, -0.2) is 0 Å². The van der Waals surface area contributed by atoms with E-state index >= 15 is 0 Å². The molecule has 10 unspecified atom stereocenters. The number of hydrogen-bond acceptors (Lipinski definition) is 4. The predicted molar refractivity (Wildman–Crippen MR) is 183 cm³/mol. The molecule has 5 fully saturated rings. The fourth-order valence-corrected chi connectivity index (χ4v) is 15.6. The van der Waals surface area contributed by atoms with Gasteiger partial charge >= 0.3 is 11.9 Å². The number of carbonyl (C=O) groups is 2. The molecule has 0 spiro atoms. The predicted octanol–water partition coefficient (Wildman–Crippen LogP) is 9.57. The third kappa shape index (κ3) is 6.16. The highest BCUT2D eigenvalue weighted by atomic mass is 31.1. The van der Waals surface area contributed by atoms with E-state index in [0.717, 1.165) is 24.1 Å². The lowest BCUT2D eigenvalue weighted by atomic mass is 9.48. The zero-order valence-corrected chi connectivity index (χ0v) is 29.6. The van der Waals surface area contributed by atoms with E-state index in [0.29, 0.717) is 22.9 Å². The van der Waals surface area contributed by atoms with E-state index in [2.05, 4.69) is 44.1 Å². The highest BCUT2D eigenvalue weighted by molar-refractivity contribution is 7.60. The van der Waals surface area contributed by atoms with Gasteiger partial charge in [0, 0.05) is 15.5 Å². The maximum absolute atomic E-state index is 12.8. The van der Waals surface area contributed by atoms with E-state index in [9.17, 15) is 19.2 Å². The van der Waals surface area contributed by atoms with Crippen molar-refractivity contribution in [3.8, 4) is 17.6 Å². The summed E-state index contributed by atoms with van der Waals surface area (Å²) in [5.74, 6) is 8.39. The second-order valence-electron chi connectivity index (χ2n) is 16.0. The molecule has 2 aliphatic heterocycles. The SMILES string of the molecule is C=CC.CC1C(OC(=O)CC(C)(C)C(=O)O)CCC2(C)C1CCC1(C)C2CCC2C3CCCC3(C#Cc3ccc(OF)cc3)CP21. The minimum absolute atomic E-state index is 0.0942. The Balaban J connectivity index is 0.00000134. The highest BCUT2D eigenvalue weighted by Crippen LogP contribution is 2.80. The zero-order chi connectivity index (χ0) is 33.5. The zero-order valence-electron chi connectivity index (χ0n) is 28.7. The van der Waals surface area contributed by atoms with E-state index in [1.54, 1.807) is 32.1 Å². The molecule has 46 heavy (non-hydrogen) atoms. The van der Waals surface area contributed by atoms with Crippen molar-refractivity contribution in [3.05, 3.63) is 42.5 Å². The topological polar surface area (TPSA) is 72.8 Å². The Kier molecular flexibility index (Phi) is 10.1. The molecule has 0 amide bonds. The van der Waals surface area contributed by atoms with Gasteiger partial charge in [0.15, 0.2) is 5.75 Å². The molecule has 2 saturated heterocycles. The van der Waals surface area contributed by atoms with Crippen LogP contribution in [0.1, 0.15) is 111 Å². The van der Waals surface area contributed by atoms with Gasteiger partial charge in [-0.05, 0) is 142 Å². The number of rotatable bonds is 5. The van der Waals surface area contributed by atoms with Gasteiger partial charge in [0.2, 0.25) is 0 Å². The Hall–Kier alpha value is -2.38.